The van der Waals surface area contributed by atoms with Gasteiger partial charge in [0.1, 0.15) is 6.54 Å². The highest BCUT2D eigenvalue weighted by Crippen LogP contribution is 2.30. The van der Waals surface area contributed by atoms with E-state index in [4.69, 9.17) is 0 Å². The van der Waals surface area contributed by atoms with Crippen LogP contribution in [0.2, 0.25) is 0 Å². The number of nitrogens with zero attached hydrogens (tertiary/aromatic N) is 2. The molecule has 3 amide bonds. The molecule has 0 aromatic heterocycles. The summed E-state index contributed by atoms with van der Waals surface area (Å²) in [6, 6.07) is -0.168. The average molecular weight is 267 g/mol. The minimum absolute atomic E-state index is 0.0989. The van der Waals surface area contributed by atoms with Gasteiger partial charge in [0.05, 0.1) is 6.54 Å². The lowest BCUT2D eigenvalue weighted by Gasteiger charge is -2.25. The van der Waals surface area contributed by atoms with Crippen LogP contribution in [0, 0.1) is 12.0 Å². The fourth-order valence-corrected chi connectivity index (χ4v) is 2.36. The Morgan fingerprint density at radius 1 is 1.21 bits per heavy atom. The van der Waals surface area contributed by atoms with Crippen molar-refractivity contribution in [2.75, 3.05) is 13.1 Å². The van der Waals surface area contributed by atoms with Crippen LogP contribution in [-0.4, -0.2) is 34.8 Å². The van der Waals surface area contributed by atoms with Crippen LogP contribution in [0.5, 0.6) is 0 Å². The molecular weight excluding hydrogens is 240 g/mol. The van der Waals surface area contributed by atoms with E-state index < -0.39 is 0 Å². The van der Waals surface area contributed by atoms with Gasteiger partial charge < -0.3 is 4.90 Å². The molecule has 1 radical (unpaired) electrons. The molecule has 0 spiro atoms. The molecule has 0 aromatic rings. The van der Waals surface area contributed by atoms with E-state index in [2.05, 4.69) is 20.8 Å². The summed E-state index contributed by atoms with van der Waals surface area (Å²) >= 11 is 0. The van der Waals surface area contributed by atoms with Crippen molar-refractivity contribution in [3.05, 3.63) is 6.54 Å². The van der Waals surface area contributed by atoms with E-state index in [-0.39, 0.29) is 23.9 Å². The molecule has 1 aliphatic heterocycles. The zero-order chi connectivity index (χ0) is 14.5. The Morgan fingerprint density at radius 3 is 2.42 bits per heavy atom. The van der Waals surface area contributed by atoms with Gasteiger partial charge in [-0.05, 0) is 31.6 Å². The number of carbonyl (C=O) groups excluding carboxylic acids is 2. The van der Waals surface area contributed by atoms with Gasteiger partial charge in [0.25, 0.3) is 5.91 Å². The van der Waals surface area contributed by atoms with Gasteiger partial charge in [-0.15, -0.1) is 0 Å². The number of unbranched alkanes of at least 4 members (excludes halogenated alkanes) is 1. The molecule has 1 fully saturated rings. The van der Waals surface area contributed by atoms with Gasteiger partial charge in [-0.3, -0.25) is 9.69 Å². The van der Waals surface area contributed by atoms with Crippen molar-refractivity contribution in [2.24, 2.45) is 5.41 Å². The van der Waals surface area contributed by atoms with Crippen LogP contribution in [0.1, 0.15) is 59.8 Å². The zero-order valence-electron chi connectivity index (χ0n) is 12.7. The predicted molar refractivity (Wildman–Crippen MR) is 76.3 cm³/mol. The van der Waals surface area contributed by atoms with Crippen LogP contribution in [0.3, 0.4) is 0 Å². The summed E-state index contributed by atoms with van der Waals surface area (Å²) in [5.41, 5.74) is 0.281. The van der Waals surface area contributed by atoms with Crippen molar-refractivity contribution in [3.8, 4) is 0 Å². The number of hydrogen-bond donors (Lipinski definition) is 0. The molecule has 1 saturated heterocycles. The normalized spacial score (nSPS) is 16.6. The van der Waals surface area contributed by atoms with Crippen molar-refractivity contribution in [3.63, 3.8) is 0 Å². The van der Waals surface area contributed by atoms with E-state index in [1.54, 1.807) is 11.4 Å². The molecule has 0 saturated carbocycles. The van der Waals surface area contributed by atoms with Crippen molar-refractivity contribution in [2.45, 2.75) is 59.8 Å². The third-order valence-electron chi connectivity index (χ3n) is 3.79. The Morgan fingerprint density at radius 2 is 1.89 bits per heavy atom. The SMILES string of the molecule is CCCCC(C)(C)CC[CH]N1C(=O)CN(CC)C1=O. The Balaban J connectivity index is 2.37. The maximum Gasteiger partial charge on any atom is 0.327 e. The predicted octanol–water partition coefficient (Wildman–Crippen LogP) is 3.43. The van der Waals surface area contributed by atoms with Crippen LogP contribution >= 0.6 is 0 Å². The summed E-state index contributed by atoms with van der Waals surface area (Å²) in [7, 11) is 0. The van der Waals surface area contributed by atoms with Crippen molar-refractivity contribution < 1.29 is 9.59 Å². The molecule has 109 valence electrons. The van der Waals surface area contributed by atoms with Crippen molar-refractivity contribution >= 4 is 11.9 Å². The molecule has 4 heteroatoms. The third kappa shape index (κ3) is 4.51. The van der Waals surface area contributed by atoms with Gasteiger partial charge in [-0.2, -0.15) is 0 Å². The van der Waals surface area contributed by atoms with Crippen LogP contribution < -0.4 is 0 Å². The summed E-state index contributed by atoms with van der Waals surface area (Å²) in [5.74, 6) is -0.0989. The molecule has 1 aliphatic rings. The van der Waals surface area contributed by atoms with E-state index >= 15 is 0 Å². The molecule has 0 N–H and O–H groups in total. The molecule has 4 nitrogen and oxygen atoms in total. The first-order valence-electron chi connectivity index (χ1n) is 7.35. The second kappa shape index (κ2) is 6.92. The number of imide groups is 1. The molecule has 19 heavy (non-hydrogen) atoms. The number of likely N-dealkylation sites (N-methyl/N-ethyl adjacent to an activating group) is 1. The van der Waals surface area contributed by atoms with Crippen LogP contribution in [0.4, 0.5) is 4.79 Å². The largest absolute Gasteiger partial charge is 0.327 e. The molecule has 0 bridgehead atoms. The smallest absolute Gasteiger partial charge is 0.315 e. The summed E-state index contributed by atoms with van der Waals surface area (Å²) in [6.45, 7) is 11.2. The lowest BCUT2D eigenvalue weighted by Crippen LogP contribution is -2.31. The summed E-state index contributed by atoms with van der Waals surface area (Å²) in [4.78, 5) is 26.4. The fraction of sp³-hybridized carbons (Fsp3) is 0.800. The van der Waals surface area contributed by atoms with Crippen LogP contribution in [-0.2, 0) is 4.79 Å². The highest BCUT2D eigenvalue weighted by Gasteiger charge is 2.34. The van der Waals surface area contributed by atoms with E-state index in [1.165, 1.54) is 24.2 Å². The topological polar surface area (TPSA) is 40.6 Å². The van der Waals surface area contributed by atoms with Gasteiger partial charge in [-0.25, -0.2) is 4.79 Å². The first-order chi connectivity index (χ1) is 8.91. The first kappa shape index (κ1) is 16.0. The fourth-order valence-electron chi connectivity index (χ4n) is 2.36. The maximum atomic E-state index is 11.9. The second-order valence-corrected chi connectivity index (χ2v) is 6.05. The van der Waals surface area contributed by atoms with Crippen LogP contribution in [0.15, 0.2) is 0 Å². The highest BCUT2D eigenvalue weighted by molar-refractivity contribution is 6.02. The Bertz CT molecular complexity index is 326. The zero-order valence-corrected chi connectivity index (χ0v) is 12.7. The van der Waals surface area contributed by atoms with Crippen LogP contribution in [0.25, 0.3) is 0 Å². The molecule has 1 heterocycles. The van der Waals surface area contributed by atoms with Gasteiger partial charge in [0.15, 0.2) is 0 Å². The Labute approximate surface area is 117 Å². The standard InChI is InChI=1S/C15H27N2O2/c1-5-7-9-15(3,4)10-8-11-17-13(18)12-16(6-2)14(17)19/h11H,5-10,12H2,1-4H3. The van der Waals surface area contributed by atoms with Gasteiger partial charge >= 0.3 is 6.03 Å². The lowest BCUT2D eigenvalue weighted by atomic mass is 9.83. The number of carbonyl (C=O) groups is 2. The minimum atomic E-state index is -0.168. The molecule has 0 atom stereocenters. The maximum absolute atomic E-state index is 11.9. The quantitative estimate of drug-likeness (QED) is 0.632. The summed E-state index contributed by atoms with van der Waals surface area (Å²) in [6.07, 6.45) is 5.43. The van der Waals surface area contributed by atoms with Crippen molar-refractivity contribution in [1.29, 1.82) is 0 Å². The molecule has 0 aliphatic carbocycles. The average Bonchev–Trinajstić information content (AvgIpc) is 2.63. The van der Waals surface area contributed by atoms with Gasteiger partial charge in [0, 0.05) is 6.54 Å². The van der Waals surface area contributed by atoms with Gasteiger partial charge in [0.2, 0.25) is 0 Å². The van der Waals surface area contributed by atoms with E-state index in [0.29, 0.717) is 6.54 Å². The number of rotatable bonds is 8. The highest BCUT2D eigenvalue weighted by atomic mass is 16.2. The third-order valence-corrected chi connectivity index (χ3v) is 3.79. The number of amides is 3. The second-order valence-electron chi connectivity index (χ2n) is 6.05. The Hall–Kier alpha value is -1.06. The molecule has 1 rings (SSSR count). The molecule has 0 unspecified atom stereocenters. The van der Waals surface area contributed by atoms with Gasteiger partial charge in [-0.1, -0.05) is 33.6 Å². The monoisotopic (exact) mass is 267 g/mol. The van der Waals surface area contributed by atoms with E-state index in [9.17, 15) is 9.59 Å². The number of urea groups is 1. The Kier molecular flexibility index (Phi) is 5.83. The number of hydrogen-bond acceptors (Lipinski definition) is 2. The summed E-state index contributed by atoms with van der Waals surface area (Å²) < 4.78 is 0. The minimum Gasteiger partial charge on any atom is -0.315 e. The van der Waals surface area contributed by atoms with Crippen molar-refractivity contribution in [1.82, 2.24) is 9.80 Å². The lowest BCUT2D eigenvalue weighted by molar-refractivity contribution is -0.124. The first-order valence-corrected chi connectivity index (χ1v) is 7.35. The molecule has 0 aromatic carbocycles. The van der Waals surface area contributed by atoms with E-state index in [0.717, 1.165) is 12.8 Å². The summed E-state index contributed by atoms with van der Waals surface area (Å²) in [5, 5.41) is 0. The molecular formula is C15H27N2O2. The van der Waals surface area contributed by atoms with E-state index in [1.807, 2.05) is 6.92 Å².